The van der Waals surface area contributed by atoms with E-state index in [9.17, 15) is 0 Å². The SMILES string of the molecule is CCC(NC)c1ccc(N(C)CC2CCN(C)C2)cc1. The molecule has 0 saturated carbocycles. The van der Waals surface area contributed by atoms with E-state index in [0.717, 1.165) is 18.9 Å². The summed E-state index contributed by atoms with van der Waals surface area (Å²) in [5.74, 6) is 0.811. The van der Waals surface area contributed by atoms with Crippen molar-refractivity contribution in [3.05, 3.63) is 29.8 Å². The molecule has 1 aliphatic rings. The van der Waals surface area contributed by atoms with Crippen LogP contribution < -0.4 is 10.2 Å². The molecule has 0 aliphatic carbocycles. The third-order valence-electron chi connectivity index (χ3n) is 4.51. The van der Waals surface area contributed by atoms with Gasteiger partial charge in [0.1, 0.15) is 0 Å². The van der Waals surface area contributed by atoms with Crippen molar-refractivity contribution in [2.24, 2.45) is 5.92 Å². The van der Waals surface area contributed by atoms with Crippen LogP contribution in [-0.4, -0.2) is 45.7 Å². The highest BCUT2D eigenvalue weighted by molar-refractivity contribution is 5.47. The lowest BCUT2D eigenvalue weighted by molar-refractivity contribution is 0.396. The number of benzene rings is 1. The van der Waals surface area contributed by atoms with E-state index in [0.29, 0.717) is 6.04 Å². The van der Waals surface area contributed by atoms with E-state index in [4.69, 9.17) is 0 Å². The minimum atomic E-state index is 0.470. The Kier molecular flexibility index (Phi) is 5.44. The highest BCUT2D eigenvalue weighted by Gasteiger charge is 2.20. The molecule has 0 bridgehead atoms. The fourth-order valence-electron chi connectivity index (χ4n) is 3.24. The third kappa shape index (κ3) is 3.74. The Balaban J connectivity index is 1.95. The average molecular weight is 275 g/mol. The molecule has 3 nitrogen and oxygen atoms in total. The highest BCUT2D eigenvalue weighted by Crippen LogP contribution is 2.22. The van der Waals surface area contributed by atoms with Crippen molar-refractivity contribution in [3.8, 4) is 0 Å². The Hall–Kier alpha value is -1.06. The van der Waals surface area contributed by atoms with Crippen LogP contribution >= 0.6 is 0 Å². The second kappa shape index (κ2) is 7.09. The Morgan fingerprint density at radius 1 is 1.35 bits per heavy atom. The summed E-state index contributed by atoms with van der Waals surface area (Å²) >= 11 is 0. The quantitative estimate of drug-likeness (QED) is 0.861. The van der Waals surface area contributed by atoms with Crippen molar-refractivity contribution >= 4 is 5.69 Å². The van der Waals surface area contributed by atoms with Crippen molar-refractivity contribution in [1.29, 1.82) is 0 Å². The molecule has 1 aromatic carbocycles. The molecule has 0 amide bonds. The van der Waals surface area contributed by atoms with Gasteiger partial charge >= 0.3 is 0 Å². The maximum atomic E-state index is 3.36. The van der Waals surface area contributed by atoms with Crippen LogP contribution in [0.1, 0.15) is 31.4 Å². The summed E-state index contributed by atoms with van der Waals surface area (Å²) in [6, 6.07) is 9.51. The Morgan fingerprint density at radius 3 is 2.55 bits per heavy atom. The van der Waals surface area contributed by atoms with Crippen molar-refractivity contribution in [2.75, 3.05) is 45.7 Å². The van der Waals surface area contributed by atoms with E-state index in [1.54, 1.807) is 0 Å². The fourth-order valence-corrected chi connectivity index (χ4v) is 3.24. The van der Waals surface area contributed by atoms with Gasteiger partial charge in [-0.2, -0.15) is 0 Å². The number of hydrogen-bond donors (Lipinski definition) is 1. The molecule has 1 aliphatic heterocycles. The van der Waals surface area contributed by atoms with Crippen LogP contribution in [0.2, 0.25) is 0 Å². The molecule has 1 N–H and O–H groups in total. The zero-order valence-electron chi connectivity index (χ0n) is 13.4. The number of nitrogens with zero attached hydrogens (tertiary/aromatic N) is 2. The third-order valence-corrected chi connectivity index (χ3v) is 4.51. The van der Waals surface area contributed by atoms with Gasteiger partial charge in [-0.1, -0.05) is 19.1 Å². The second-order valence-corrected chi connectivity index (χ2v) is 6.14. The van der Waals surface area contributed by atoms with Gasteiger partial charge in [-0.25, -0.2) is 0 Å². The first-order valence-electron chi connectivity index (χ1n) is 7.81. The van der Waals surface area contributed by atoms with Crippen LogP contribution in [0.4, 0.5) is 5.69 Å². The molecular weight excluding hydrogens is 246 g/mol. The van der Waals surface area contributed by atoms with Gasteiger partial charge in [-0.15, -0.1) is 0 Å². The first-order chi connectivity index (χ1) is 9.63. The summed E-state index contributed by atoms with van der Waals surface area (Å²) in [7, 11) is 6.46. The standard InChI is InChI=1S/C17H29N3/c1-5-17(18-2)15-6-8-16(9-7-15)20(4)13-14-10-11-19(3)12-14/h6-9,14,17-18H,5,10-13H2,1-4H3. The topological polar surface area (TPSA) is 18.5 Å². The Bertz CT molecular complexity index is 397. The lowest BCUT2D eigenvalue weighted by Crippen LogP contribution is -2.27. The molecule has 1 aromatic rings. The summed E-state index contributed by atoms with van der Waals surface area (Å²) < 4.78 is 0. The van der Waals surface area contributed by atoms with Crippen LogP contribution in [0.3, 0.4) is 0 Å². The van der Waals surface area contributed by atoms with Crippen LogP contribution in [0.5, 0.6) is 0 Å². The molecule has 1 saturated heterocycles. The van der Waals surface area contributed by atoms with Gasteiger partial charge < -0.3 is 15.1 Å². The van der Waals surface area contributed by atoms with Crippen molar-refractivity contribution < 1.29 is 0 Å². The fraction of sp³-hybridized carbons (Fsp3) is 0.647. The Labute approximate surface area is 124 Å². The lowest BCUT2D eigenvalue weighted by atomic mass is 10.0. The maximum absolute atomic E-state index is 3.36. The van der Waals surface area contributed by atoms with Crippen molar-refractivity contribution in [2.45, 2.75) is 25.8 Å². The van der Waals surface area contributed by atoms with Gasteiger partial charge in [0.05, 0.1) is 0 Å². The molecule has 20 heavy (non-hydrogen) atoms. The lowest BCUT2D eigenvalue weighted by Gasteiger charge is -2.24. The summed E-state index contributed by atoms with van der Waals surface area (Å²) in [6.07, 6.45) is 2.46. The van der Waals surface area contributed by atoms with Gasteiger partial charge in [-0.05, 0) is 57.1 Å². The van der Waals surface area contributed by atoms with E-state index in [2.05, 4.69) is 60.4 Å². The summed E-state index contributed by atoms with van der Waals surface area (Å²) in [4.78, 5) is 4.83. The maximum Gasteiger partial charge on any atom is 0.0363 e. The minimum absolute atomic E-state index is 0.470. The number of nitrogens with one attached hydrogen (secondary N) is 1. The van der Waals surface area contributed by atoms with Gasteiger partial charge in [0.15, 0.2) is 0 Å². The molecular formula is C17H29N3. The minimum Gasteiger partial charge on any atom is -0.374 e. The predicted molar refractivity (Wildman–Crippen MR) is 87.4 cm³/mol. The van der Waals surface area contributed by atoms with E-state index in [1.165, 1.54) is 30.8 Å². The van der Waals surface area contributed by atoms with Crippen LogP contribution in [0.25, 0.3) is 0 Å². The van der Waals surface area contributed by atoms with E-state index in [1.807, 2.05) is 7.05 Å². The molecule has 0 spiro atoms. The van der Waals surface area contributed by atoms with Crippen LogP contribution in [0, 0.1) is 5.92 Å². The molecule has 0 aromatic heterocycles. The average Bonchev–Trinajstić information content (AvgIpc) is 2.86. The summed E-state index contributed by atoms with van der Waals surface area (Å²) in [5.41, 5.74) is 2.71. The molecule has 1 heterocycles. The van der Waals surface area contributed by atoms with Crippen molar-refractivity contribution in [1.82, 2.24) is 10.2 Å². The van der Waals surface area contributed by atoms with E-state index < -0.39 is 0 Å². The van der Waals surface area contributed by atoms with Crippen molar-refractivity contribution in [3.63, 3.8) is 0 Å². The monoisotopic (exact) mass is 275 g/mol. The molecule has 112 valence electrons. The highest BCUT2D eigenvalue weighted by atomic mass is 15.1. The van der Waals surface area contributed by atoms with Crippen LogP contribution in [-0.2, 0) is 0 Å². The summed E-state index contributed by atoms with van der Waals surface area (Å²) in [5, 5.41) is 3.36. The second-order valence-electron chi connectivity index (χ2n) is 6.14. The van der Waals surface area contributed by atoms with Gasteiger partial charge in [-0.3, -0.25) is 0 Å². The molecule has 2 atom stereocenters. The molecule has 2 rings (SSSR count). The zero-order chi connectivity index (χ0) is 14.5. The first-order valence-corrected chi connectivity index (χ1v) is 7.81. The number of hydrogen-bond acceptors (Lipinski definition) is 3. The first kappa shape index (κ1) is 15.3. The number of rotatable bonds is 6. The molecule has 1 fully saturated rings. The molecule has 2 unspecified atom stereocenters. The molecule has 3 heteroatoms. The van der Waals surface area contributed by atoms with Gasteiger partial charge in [0.25, 0.3) is 0 Å². The smallest absolute Gasteiger partial charge is 0.0363 e. The normalized spacial score (nSPS) is 21.1. The van der Waals surface area contributed by atoms with Gasteiger partial charge in [0.2, 0.25) is 0 Å². The van der Waals surface area contributed by atoms with E-state index in [-0.39, 0.29) is 0 Å². The number of anilines is 1. The summed E-state index contributed by atoms with van der Waals surface area (Å²) in [6.45, 7) is 5.86. The van der Waals surface area contributed by atoms with Gasteiger partial charge in [0, 0.05) is 31.9 Å². The number of likely N-dealkylation sites (tertiary alicyclic amines) is 1. The predicted octanol–water partition coefficient (Wildman–Crippen LogP) is 2.75. The van der Waals surface area contributed by atoms with Crippen LogP contribution in [0.15, 0.2) is 24.3 Å². The Morgan fingerprint density at radius 2 is 2.05 bits per heavy atom. The largest absolute Gasteiger partial charge is 0.374 e. The zero-order valence-corrected chi connectivity index (χ0v) is 13.4. The molecule has 0 radical (unpaired) electrons. The van der Waals surface area contributed by atoms with E-state index >= 15 is 0 Å².